The van der Waals surface area contributed by atoms with Crippen LogP contribution in [0.2, 0.25) is 5.02 Å². The highest BCUT2D eigenvalue weighted by atomic mass is 35.5. The van der Waals surface area contributed by atoms with Crippen molar-refractivity contribution in [2.24, 2.45) is 5.73 Å². The SMILES string of the molecule is CCOC(=O)C1=C(C)OC(N)=C(C#N)C1c1ccccc1Sc1ccccc1Cl. The summed E-state index contributed by atoms with van der Waals surface area (Å²) in [5.41, 5.74) is 7.18. The standard InChI is InChI=1S/C22H19ClN2O3S/c1-3-27-22(26)19-13(2)28-21(25)15(12-24)20(19)14-8-4-6-10-17(14)29-18-11-7-5-9-16(18)23/h4-11,20H,3,25H2,1-2H3. The molecule has 2 aromatic carbocycles. The fourth-order valence-electron chi connectivity index (χ4n) is 3.12. The number of hydrogen-bond acceptors (Lipinski definition) is 6. The van der Waals surface area contributed by atoms with Gasteiger partial charge in [0, 0.05) is 9.79 Å². The minimum absolute atomic E-state index is 0.0133. The molecule has 0 fully saturated rings. The average Bonchev–Trinajstić information content (AvgIpc) is 2.70. The van der Waals surface area contributed by atoms with E-state index in [2.05, 4.69) is 6.07 Å². The van der Waals surface area contributed by atoms with E-state index in [1.165, 1.54) is 11.8 Å². The van der Waals surface area contributed by atoms with Gasteiger partial charge in [-0.15, -0.1) is 0 Å². The van der Waals surface area contributed by atoms with Crippen molar-refractivity contribution in [3.8, 4) is 6.07 Å². The summed E-state index contributed by atoms with van der Waals surface area (Å²) < 4.78 is 10.7. The average molecular weight is 427 g/mol. The Bertz CT molecular complexity index is 1060. The molecule has 0 radical (unpaired) electrons. The first kappa shape index (κ1) is 20.8. The lowest BCUT2D eigenvalue weighted by Gasteiger charge is -2.28. The lowest BCUT2D eigenvalue weighted by molar-refractivity contribution is -0.139. The van der Waals surface area contributed by atoms with E-state index in [4.69, 9.17) is 26.8 Å². The first-order valence-electron chi connectivity index (χ1n) is 8.94. The predicted octanol–water partition coefficient (Wildman–Crippen LogP) is 5.14. The van der Waals surface area contributed by atoms with Gasteiger partial charge in [0.15, 0.2) is 0 Å². The first-order valence-corrected chi connectivity index (χ1v) is 10.1. The van der Waals surface area contributed by atoms with Crippen LogP contribution in [-0.2, 0) is 14.3 Å². The van der Waals surface area contributed by atoms with Gasteiger partial charge in [-0.25, -0.2) is 4.79 Å². The molecule has 0 aliphatic carbocycles. The summed E-state index contributed by atoms with van der Waals surface area (Å²) in [5, 5.41) is 10.4. The largest absolute Gasteiger partial charge is 0.463 e. The molecule has 0 saturated carbocycles. The van der Waals surface area contributed by atoms with Gasteiger partial charge in [0.2, 0.25) is 5.88 Å². The van der Waals surface area contributed by atoms with E-state index in [9.17, 15) is 10.1 Å². The van der Waals surface area contributed by atoms with Gasteiger partial charge in [0.1, 0.15) is 17.4 Å². The summed E-state index contributed by atoms with van der Waals surface area (Å²) in [6, 6.07) is 17.1. The molecule has 2 aromatic rings. The number of esters is 1. The molecule has 1 atom stereocenters. The summed E-state index contributed by atoms with van der Waals surface area (Å²) in [5.74, 6) is -0.921. The number of benzene rings is 2. The minimum Gasteiger partial charge on any atom is -0.463 e. The predicted molar refractivity (Wildman–Crippen MR) is 112 cm³/mol. The molecule has 1 heterocycles. The fourth-order valence-corrected chi connectivity index (χ4v) is 4.37. The van der Waals surface area contributed by atoms with Crippen molar-refractivity contribution in [2.75, 3.05) is 6.61 Å². The Balaban J connectivity index is 2.15. The molecule has 5 nitrogen and oxygen atoms in total. The Morgan fingerprint density at radius 1 is 1.24 bits per heavy atom. The lowest BCUT2D eigenvalue weighted by atomic mass is 9.83. The van der Waals surface area contributed by atoms with Crippen molar-refractivity contribution in [3.63, 3.8) is 0 Å². The van der Waals surface area contributed by atoms with Crippen molar-refractivity contribution in [2.45, 2.75) is 29.6 Å². The van der Waals surface area contributed by atoms with Gasteiger partial charge in [-0.1, -0.05) is 53.7 Å². The maximum Gasteiger partial charge on any atom is 0.338 e. The molecule has 3 rings (SSSR count). The van der Waals surface area contributed by atoms with Gasteiger partial charge in [-0.2, -0.15) is 5.26 Å². The van der Waals surface area contributed by atoms with Gasteiger partial charge in [0.05, 0.1) is 23.1 Å². The molecule has 0 aromatic heterocycles. The second-order valence-electron chi connectivity index (χ2n) is 6.19. The van der Waals surface area contributed by atoms with Crippen molar-refractivity contribution < 1.29 is 14.3 Å². The molecule has 1 aliphatic rings. The van der Waals surface area contributed by atoms with Gasteiger partial charge < -0.3 is 15.2 Å². The Morgan fingerprint density at radius 2 is 1.90 bits per heavy atom. The monoisotopic (exact) mass is 426 g/mol. The Hall–Kier alpha value is -2.88. The number of nitrogens with zero attached hydrogens (tertiary/aromatic N) is 1. The van der Waals surface area contributed by atoms with Crippen molar-refractivity contribution in [3.05, 3.63) is 81.9 Å². The molecule has 29 heavy (non-hydrogen) atoms. The van der Waals surface area contributed by atoms with Gasteiger partial charge >= 0.3 is 5.97 Å². The van der Waals surface area contributed by atoms with Crippen LogP contribution in [0.1, 0.15) is 25.3 Å². The van der Waals surface area contributed by atoms with Crippen molar-refractivity contribution in [1.82, 2.24) is 0 Å². The number of carbonyl (C=O) groups is 1. The molecule has 1 aliphatic heterocycles. The van der Waals surface area contributed by atoms with Crippen molar-refractivity contribution >= 4 is 29.3 Å². The first-order chi connectivity index (χ1) is 14.0. The zero-order chi connectivity index (χ0) is 21.0. The Morgan fingerprint density at radius 3 is 2.55 bits per heavy atom. The molecule has 1 unspecified atom stereocenters. The topological polar surface area (TPSA) is 85.3 Å². The van der Waals surface area contributed by atoms with Gasteiger partial charge in [0.25, 0.3) is 0 Å². The third-order valence-electron chi connectivity index (χ3n) is 4.39. The van der Waals surface area contributed by atoms with Crippen LogP contribution in [0, 0.1) is 11.3 Å². The van der Waals surface area contributed by atoms with Crippen LogP contribution in [0.4, 0.5) is 0 Å². The second kappa shape index (κ2) is 9.08. The van der Waals surface area contributed by atoms with E-state index in [0.717, 1.165) is 15.4 Å². The number of allylic oxidation sites excluding steroid dienone is 2. The molecule has 0 amide bonds. The molecule has 148 valence electrons. The van der Waals surface area contributed by atoms with Crippen molar-refractivity contribution in [1.29, 1.82) is 5.26 Å². The summed E-state index contributed by atoms with van der Waals surface area (Å²) in [4.78, 5) is 14.4. The zero-order valence-electron chi connectivity index (χ0n) is 15.9. The van der Waals surface area contributed by atoms with E-state index in [1.807, 2.05) is 48.5 Å². The smallest absolute Gasteiger partial charge is 0.338 e. The van der Waals surface area contributed by atoms with E-state index in [0.29, 0.717) is 10.8 Å². The Labute approximate surface area is 178 Å². The zero-order valence-corrected chi connectivity index (χ0v) is 17.5. The highest BCUT2D eigenvalue weighted by molar-refractivity contribution is 7.99. The van der Waals surface area contributed by atoms with Crippen LogP contribution in [-0.4, -0.2) is 12.6 Å². The molecule has 2 N–H and O–H groups in total. The maximum atomic E-state index is 12.7. The quantitative estimate of drug-likeness (QED) is 0.666. The second-order valence-corrected chi connectivity index (χ2v) is 7.68. The third kappa shape index (κ3) is 4.26. The number of rotatable bonds is 5. The van der Waals surface area contributed by atoms with Crippen LogP contribution in [0.15, 0.2) is 81.1 Å². The van der Waals surface area contributed by atoms with Gasteiger partial charge in [-0.3, -0.25) is 0 Å². The third-order valence-corrected chi connectivity index (χ3v) is 6.00. The van der Waals surface area contributed by atoms with E-state index in [-0.39, 0.29) is 23.6 Å². The number of nitrogens with two attached hydrogens (primary N) is 1. The van der Waals surface area contributed by atoms with Crippen LogP contribution < -0.4 is 5.73 Å². The number of ether oxygens (including phenoxy) is 2. The molecular weight excluding hydrogens is 408 g/mol. The van der Waals surface area contributed by atoms with Crippen LogP contribution in [0.3, 0.4) is 0 Å². The highest BCUT2D eigenvalue weighted by Crippen LogP contribution is 2.45. The van der Waals surface area contributed by atoms with Crippen LogP contribution in [0.5, 0.6) is 0 Å². The molecule has 0 bridgehead atoms. The molecular formula is C22H19ClN2O3S. The summed E-state index contributed by atoms with van der Waals surface area (Å²) in [6.45, 7) is 3.58. The number of carbonyl (C=O) groups excluding carboxylic acids is 1. The molecule has 0 saturated heterocycles. The Kier molecular flexibility index (Phi) is 6.53. The molecule has 0 spiro atoms. The number of hydrogen-bond donors (Lipinski definition) is 1. The summed E-state index contributed by atoms with van der Waals surface area (Å²) in [7, 11) is 0. The fraction of sp³-hybridized carbons (Fsp3) is 0.182. The normalized spacial score (nSPS) is 16.3. The minimum atomic E-state index is -0.695. The van der Waals surface area contributed by atoms with Gasteiger partial charge in [-0.05, 0) is 37.6 Å². The van der Waals surface area contributed by atoms with E-state index in [1.54, 1.807) is 13.8 Å². The highest BCUT2D eigenvalue weighted by Gasteiger charge is 2.37. The summed E-state index contributed by atoms with van der Waals surface area (Å²) >= 11 is 7.79. The van der Waals surface area contributed by atoms with E-state index < -0.39 is 11.9 Å². The van der Waals surface area contributed by atoms with Crippen LogP contribution in [0.25, 0.3) is 0 Å². The van der Waals surface area contributed by atoms with E-state index >= 15 is 0 Å². The molecule has 7 heteroatoms. The number of nitriles is 1. The lowest BCUT2D eigenvalue weighted by Crippen LogP contribution is -2.25. The number of halogens is 1. The van der Waals surface area contributed by atoms with Crippen LogP contribution >= 0.6 is 23.4 Å². The summed E-state index contributed by atoms with van der Waals surface area (Å²) in [6.07, 6.45) is 0. The maximum absolute atomic E-state index is 12.7.